The molecule has 1 fully saturated rings. The Morgan fingerprint density at radius 3 is 2.65 bits per heavy atom. The summed E-state index contributed by atoms with van der Waals surface area (Å²) in [6.45, 7) is 7.83. The number of rotatable bonds is 4. The third-order valence-electron chi connectivity index (χ3n) is 4.46. The van der Waals surface area contributed by atoms with Crippen molar-refractivity contribution in [2.45, 2.75) is 26.8 Å². The van der Waals surface area contributed by atoms with Gasteiger partial charge < -0.3 is 15.1 Å². The van der Waals surface area contributed by atoms with Gasteiger partial charge in [0.25, 0.3) is 0 Å². The molecule has 138 valence electrons. The van der Waals surface area contributed by atoms with Gasteiger partial charge in [-0.3, -0.25) is 4.79 Å². The van der Waals surface area contributed by atoms with Crippen LogP contribution in [0.25, 0.3) is 11.3 Å². The highest BCUT2D eigenvalue weighted by Gasteiger charge is 2.34. The van der Waals surface area contributed by atoms with E-state index in [0.717, 1.165) is 17.8 Å². The Hall–Kier alpha value is -2.41. The molecule has 1 saturated heterocycles. The maximum atomic E-state index is 12.6. The van der Waals surface area contributed by atoms with Crippen LogP contribution in [0, 0.1) is 5.92 Å². The van der Waals surface area contributed by atoms with Gasteiger partial charge in [0.05, 0.1) is 11.2 Å². The fourth-order valence-corrected chi connectivity index (χ4v) is 3.67. The molecule has 0 bridgehead atoms. The number of anilines is 1. The predicted molar refractivity (Wildman–Crippen MR) is 104 cm³/mol. The van der Waals surface area contributed by atoms with E-state index in [1.165, 1.54) is 0 Å². The molecule has 1 aliphatic heterocycles. The molecule has 0 saturated carbocycles. The number of aromatic nitrogens is 1. The Morgan fingerprint density at radius 2 is 2.04 bits per heavy atom. The molecule has 1 N–H and O–H groups in total. The number of nitrogens with one attached hydrogen (secondary N) is 1. The van der Waals surface area contributed by atoms with E-state index >= 15 is 0 Å². The Balaban J connectivity index is 1.62. The summed E-state index contributed by atoms with van der Waals surface area (Å²) in [6, 6.07) is 6.88. The molecule has 0 aliphatic carbocycles. The standard InChI is InChI=1S/C19H24N4O2S/c1-13(2)10-22-8-9-23(14(3)18(22)24)19(25)21-16-6-4-15(5-7-16)17-11-26-12-20-17/h4-7,11-14H,8-10H2,1-3H3,(H,21,25). The molecular formula is C19H24N4O2S. The molecule has 26 heavy (non-hydrogen) atoms. The van der Waals surface area contributed by atoms with Crippen LogP contribution < -0.4 is 5.32 Å². The number of benzene rings is 1. The third kappa shape index (κ3) is 4.04. The lowest BCUT2D eigenvalue weighted by Gasteiger charge is -2.39. The minimum atomic E-state index is -0.447. The average Bonchev–Trinajstić information content (AvgIpc) is 3.14. The van der Waals surface area contributed by atoms with Crippen molar-refractivity contribution in [3.8, 4) is 11.3 Å². The topological polar surface area (TPSA) is 65.5 Å². The van der Waals surface area contributed by atoms with Gasteiger partial charge >= 0.3 is 6.03 Å². The van der Waals surface area contributed by atoms with Crippen LogP contribution in [-0.2, 0) is 4.79 Å². The van der Waals surface area contributed by atoms with Crippen LogP contribution >= 0.6 is 11.3 Å². The van der Waals surface area contributed by atoms with E-state index in [2.05, 4.69) is 24.1 Å². The first kappa shape index (κ1) is 18.4. The van der Waals surface area contributed by atoms with E-state index < -0.39 is 6.04 Å². The second-order valence-corrected chi connectivity index (χ2v) is 7.65. The Kier molecular flexibility index (Phi) is 5.56. The largest absolute Gasteiger partial charge is 0.339 e. The normalized spacial score (nSPS) is 17.7. The number of piperazine rings is 1. The quantitative estimate of drug-likeness (QED) is 0.893. The molecule has 3 amide bonds. The highest BCUT2D eigenvalue weighted by molar-refractivity contribution is 7.07. The highest BCUT2D eigenvalue weighted by atomic mass is 32.1. The van der Waals surface area contributed by atoms with Crippen molar-refractivity contribution in [2.75, 3.05) is 25.0 Å². The van der Waals surface area contributed by atoms with Gasteiger partial charge in [0, 0.05) is 36.3 Å². The molecule has 3 rings (SSSR count). The number of carbonyl (C=O) groups excluding carboxylic acids is 2. The molecule has 6 nitrogen and oxygen atoms in total. The van der Waals surface area contributed by atoms with Crippen LogP contribution in [0.4, 0.5) is 10.5 Å². The number of hydrogen-bond acceptors (Lipinski definition) is 4. The van der Waals surface area contributed by atoms with Gasteiger partial charge in [0.2, 0.25) is 5.91 Å². The van der Waals surface area contributed by atoms with E-state index in [1.54, 1.807) is 28.7 Å². The maximum absolute atomic E-state index is 12.6. The molecule has 1 unspecified atom stereocenters. The smallest absolute Gasteiger partial charge is 0.322 e. The molecule has 1 atom stereocenters. The number of nitrogens with zero attached hydrogens (tertiary/aromatic N) is 3. The summed E-state index contributed by atoms with van der Waals surface area (Å²) in [6.07, 6.45) is 0. The van der Waals surface area contributed by atoms with Gasteiger partial charge in [-0.1, -0.05) is 26.0 Å². The van der Waals surface area contributed by atoms with Gasteiger partial charge in [-0.15, -0.1) is 11.3 Å². The lowest BCUT2D eigenvalue weighted by molar-refractivity contribution is -0.139. The Bertz CT molecular complexity index is 758. The summed E-state index contributed by atoms with van der Waals surface area (Å²) in [5, 5.41) is 4.87. The Morgan fingerprint density at radius 1 is 1.31 bits per heavy atom. The third-order valence-corrected chi connectivity index (χ3v) is 5.04. The average molecular weight is 372 g/mol. The molecule has 1 aromatic heterocycles. The molecule has 2 aromatic rings. The van der Waals surface area contributed by atoms with E-state index in [9.17, 15) is 9.59 Å². The molecule has 0 radical (unpaired) electrons. The molecule has 0 spiro atoms. The lowest BCUT2D eigenvalue weighted by atomic mass is 10.1. The fourth-order valence-electron chi connectivity index (χ4n) is 3.10. The zero-order chi connectivity index (χ0) is 18.7. The summed E-state index contributed by atoms with van der Waals surface area (Å²) < 4.78 is 0. The summed E-state index contributed by atoms with van der Waals surface area (Å²) in [7, 11) is 0. The van der Waals surface area contributed by atoms with Crippen LogP contribution in [0.3, 0.4) is 0 Å². The predicted octanol–water partition coefficient (Wildman–Crippen LogP) is 3.53. The van der Waals surface area contributed by atoms with Crippen LogP contribution in [0.2, 0.25) is 0 Å². The molecule has 1 aromatic carbocycles. The molecule has 1 aliphatic rings. The highest BCUT2D eigenvalue weighted by Crippen LogP contribution is 2.22. The number of urea groups is 1. The summed E-state index contributed by atoms with van der Waals surface area (Å²) in [5.74, 6) is 0.432. The number of amides is 3. The Labute approximate surface area is 157 Å². The van der Waals surface area contributed by atoms with E-state index in [4.69, 9.17) is 0 Å². The molecule has 7 heteroatoms. The van der Waals surface area contributed by atoms with Crippen molar-refractivity contribution in [2.24, 2.45) is 5.92 Å². The van der Waals surface area contributed by atoms with E-state index in [-0.39, 0.29) is 11.9 Å². The van der Waals surface area contributed by atoms with E-state index in [1.807, 2.05) is 34.5 Å². The second kappa shape index (κ2) is 7.86. The first-order chi connectivity index (χ1) is 12.5. The second-order valence-electron chi connectivity index (χ2n) is 6.93. The van der Waals surface area contributed by atoms with Crippen molar-refractivity contribution in [3.63, 3.8) is 0 Å². The summed E-state index contributed by atoms with van der Waals surface area (Å²) in [5.41, 5.74) is 4.43. The molecule has 2 heterocycles. The van der Waals surface area contributed by atoms with Crippen molar-refractivity contribution < 1.29 is 9.59 Å². The van der Waals surface area contributed by atoms with Gasteiger partial charge in [-0.25, -0.2) is 9.78 Å². The fraction of sp³-hybridized carbons (Fsp3) is 0.421. The number of hydrogen-bond donors (Lipinski definition) is 1. The zero-order valence-electron chi connectivity index (χ0n) is 15.3. The number of carbonyl (C=O) groups is 2. The van der Waals surface area contributed by atoms with Crippen molar-refractivity contribution >= 4 is 29.0 Å². The monoisotopic (exact) mass is 372 g/mol. The minimum absolute atomic E-state index is 0.0129. The van der Waals surface area contributed by atoms with Crippen molar-refractivity contribution in [3.05, 3.63) is 35.2 Å². The molecular weight excluding hydrogens is 348 g/mol. The van der Waals surface area contributed by atoms with Gasteiger partial charge in [-0.2, -0.15) is 0 Å². The maximum Gasteiger partial charge on any atom is 0.322 e. The SMILES string of the molecule is CC(C)CN1CCN(C(=O)Nc2ccc(-c3cscn3)cc2)C(C)C1=O. The summed E-state index contributed by atoms with van der Waals surface area (Å²) in [4.78, 5) is 32.8. The van der Waals surface area contributed by atoms with Gasteiger partial charge in [0.1, 0.15) is 6.04 Å². The van der Waals surface area contributed by atoms with Crippen molar-refractivity contribution in [1.82, 2.24) is 14.8 Å². The lowest BCUT2D eigenvalue weighted by Crippen LogP contribution is -2.58. The van der Waals surface area contributed by atoms with Crippen LogP contribution in [0.1, 0.15) is 20.8 Å². The first-order valence-electron chi connectivity index (χ1n) is 8.80. The zero-order valence-corrected chi connectivity index (χ0v) is 16.1. The summed E-state index contributed by atoms with van der Waals surface area (Å²) >= 11 is 1.55. The number of thiazole rings is 1. The van der Waals surface area contributed by atoms with Crippen molar-refractivity contribution in [1.29, 1.82) is 0 Å². The van der Waals surface area contributed by atoms with Gasteiger partial charge in [0.15, 0.2) is 0 Å². The van der Waals surface area contributed by atoms with E-state index in [0.29, 0.717) is 24.7 Å². The van der Waals surface area contributed by atoms with Crippen LogP contribution in [-0.4, -0.2) is 52.4 Å². The first-order valence-corrected chi connectivity index (χ1v) is 9.75. The van der Waals surface area contributed by atoms with Gasteiger partial charge in [-0.05, 0) is 25.0 Å². The minimum Gasteiger partial charge on any atom is -0.339 e. The van der Waals surface area contributed by atoms with Crippen LogP contribution in [0.5, 0.6) is 0 Å². The van der Waals surface area contributed by atoms with Crippen LogP contribution in [0.15, 0.2) is 35.2 Å².